The summed E-state index contributed by atoms with van der Waals surface area (Å²) >= 11 is 0. The zero-order valence-corrected chi connectivity index (χ0v) is 22.6. The molecule has 2 saturated heterocycles. The summed E-state index contributed by atoms with van der Waals surface area (Å²) in [5, 5.41) is 3.50. The third-order valence-corrected chi connectivity index (χ3v) is 6.74. The second kappa shape index (κ2) is 11.3. The number of imidazole rings is 1. The van der Waals surface area contributed by atoms with Gasteiger partial charge < -0.3 is 24.6 Å². The number of morpholine rings is 1. The molecular formula is C27H35F2N7O3. The van der Waals surface area contributed by atoms with E-state index in [1.54, 1.807) is 35.2 Å². The number of hydrogen-bond acceptors (Lipinski definition) is 8. The number of amides is 1. The fraction of sp³-hybridized carbons (Fsp3) is 0.556. The molecule has 12 heteroatoms. The highest BCUT2D eigenvalue weighted by molar-refractivity contribution is 5.78. The van der Waals surface area contributed by atoms with Crippen LogP contribution in [0.25, 0.3) is 16.9 Å². The molecule has 0 radical (unpaired) electrons. The number of para-hydroxylation sites is 2. The van der Waals surface area contributed by atoms with E-state index in [1.807, 2.05) is 25.7 Å². The minimum absolute atomic E-state index is 0.0341. The third-order valence-electron chi connectivity index (χ3n) is 6.74. The van der Waals surface area contributed by atoms with Crippen molar-refractivity contribution in [2.75, 3.05) is 49.6 Å². The average molecular weight is 544 g/mol. The Kier molecular flexibility index (Phi) is 7.83. The van der Waals surface area contributed by atoms with Gasteiger partial charge >= 0.3 is 6.09 Å². The predicted molar refractivity (Wildman–Crippen MR) is 144 cm³/mol. The molecule has 2 fully saturated rings. The van der Waals surface area contributed by atoms with E-state index in [1.165, 1.54) is 4.57 Å². The van der Waals surface area contributed by atoms with Gasteiger partial charge in [-0.25, -0.2) is 18.6 Å². The number of likely N-dealkylation sites (tertiary alicyclic amines) is 1. The lowest BCUT2D eigenvalue weighted by molar-refractivity contribution is 0.0256. The Hall–Kier alpha value is -3.54. The maximum Gasteiger partial charge on any atom is 0.410 e. The molecule has 39 heavy (non-hydrogen) atoms. The first-order chi connectivity index (χ1) is 18.7. The molecule has 5 rings (SSSR count). The van der Waals surface area contributed by atoms with Gasteiger partial charge in [0.25, 0.3) is 6.43 Å². The SMILES string of the molecule is CC(C)(C)OC(=O)N1CCCC(Nc2cc(-n3c(C(F)F)nc4ccccc43)nc(N3CCOCC3)n2)CC1. The van der Waals surface area contributed by atoms with Gasteiger partial charge in [0.15, 0.2) is 5.82 Å². The Morgan fingerprint density at radius 2 is 1.85 bits per heavy atom. The molecule has 1 amide bonds. The molecule has 2 aliphatic rings. The van der Waals surface area contributed by atoms with E-state index < -0.39 is 12.0 Å². The second-order valence-electron chi connectivity index (χ2n) is 10.8. The van der Waals surface area contributed by atoms with E-state index >= 15 is 0 Å². The first-order valence-corrected chi connectivity index (χ1v) is 13.4. The van der Waals surface area contributed by atoms with Crippen molar-refractivity contribution in [1.29, 1.82) is 0 Å². The molecule has 10 nitrogen and oxygen atoms in total. The summed E-state index contributed by atoms with van der Waals surface area (Å²) in [5.74, 6) is 0.939. The molecule has 1 aromatic carbocycles. The van der Waals surface area contributed by atoms with Gasteiger partial charge in [-0.05, 0) is 52.2 Å². The smallest absolute Gasteiger partial charge is 0.410 e. The van der Waals surface area contributed by atoms with Gasteiger partial charge in [-0.15, -0.1) is 0 Å². The number of fused-ring (bicyclic) bond motifs is 1. The van der Waals surface area contributed by atoms with Gasteiger partial charge in [-0.1, -0.05) is 12.1 Å². The standard InChI is InChI=1S/C27H35F2N7O3/c1-27(2,3)39-26(37)35-11-6-7-18(10-12-35)30-21-17-22(33-25(32-21)34-13-15-38-16-14-34)36-20-9-5-4-8-19(20)31-24(36)23(28)29/h4-5,8-9,17-18,23H,6-7,10-16H2,1-3H3,(H,30,32,33). The van der Waals surface area contributed by atoms with Gasteiger partial charge in [0.05, 0.1) is 24.2 Å². The van der Waals surface area contributed by atoms with Crippen LogP contribution >= 0.6 is 0 Å². The minimum atomic E-state index is -2.78. The van der Waals surface area contributed by atoms with Crippen LogP contribution in [0.15, 0.2) is 30.3 Å². The second-order valence-corrected chi connectivity index (χ2v) is 10.8. The van der Waals surface area contributed by atoms with Crippen LogP contribution in [-0.2, 0) is 9.47 Å². The number of ether oxygens (including phenoxy) is 2. The molecule has 1 N–H and O–H groups in total. The molecule has 210 valence electrons. The van der Waals surface area contributed by atoms with Crippen LogP contribution in [0.2, 0.25) is 0 Å². The summed E-state index contributed by atoms with van der Waals surface area (Å²) in [5.41, 5.74) is 0.468. The molecule has 0 spiro atoms. The normalized spacial score (nSPS) is 18.9. The number of benzene rings is 1. The van der Waals surface area contributed by atoms with Gasteiger partial charge in [-0.2, -0.15) is 9.97 Å². The maximum atomic E-state index is 14.1. The van der Waals surface area contributed by atoms with Crippen molar-refractivity contribution in [1.82, 2.24) is 24.4 Å². The van der Waals surface area contributed by atoms with Gasteiger partial charge in [0.2, 0.25) is 5.95 Å². The van der Waals surface area contributed by atoms with Crippen molar-refractivity contribution in [2.24, 2.45) is 0 Å². The number of halogens is 2. The molecule has 0 aliphatic carbocycles. The van der Waals surface area contributed by atoms with Crippen LogP contribution in [0.4, 0.5) is 25.3 Å². The minimum Gasteiger partial charge on any atom is -0.444 e. The largest absolute Gasteiger partial charge is 0.444 e. The van der Waals surface area contributed by atoms with Crippen LogP contribution in [0.3, 0.4) is 0 Å². The van der Waals surface area contributed by atoms with Crippen molar-refractivity contribution in [3.05, 3.63) is 36.2 Å². The lowest BCUT2D eigenvalue weighted by atomic mass is 10.1. The van der Waals surface area contributed by atoms with E-state index in [2.05, 4.69) is 10.3 Å². The number of alkyl halides is 2. The Balaban J connectivity index is 1.45. The molecular weight excluding hydrogens is 508 g/mol. The average Bonchev–Trinajstić information content (AvgIpc) is 3.14. The summed E-state index contributed by atoms with van der Waals surface area (Å²) in [4.78, 5) is 30.0. The van der Waals surface area contributed by atoms with Crippen molar-refractivity contribution in [3.8, 4) is 5.82 Å². The van der Waals surface area contributed by atoms with E-state index in [0.717, 1.165) is 12.8 Å². The van der Waals surface area contributed by atoms with Gasteiger partial charge in [-0.3, -0.25) is 4.57 Å². The number of hydrogen-bond donors (Lipinski definition) is 1. The summed E-state index contributed by atoms with van der Waals surface area (Å²) in [6, 6.07) is 8.76. The first-order valence-electron chi connectivity index (χ1n) is 13.4. The Morgan fingerprint density at radius 3 is 2.59 bits per heavy atom. The molecule has 3 aromatic rings. The van der Waals surface area contributed by atoms with Crippen LogP contribution in [-0.4, -0.2) is 81.5 Å². The maximum absolute atomic E-state index is 14.1. The third kappa shape index (κ3) is 6.38. The quantitative estimate of drug-likeness (QED) is 0.491. The highest BCUT2D eigenvalue weighted by atomic mass is 19.3. The van der Waals surface area contributed by atoms with E-state index in [-0.39, 0.29) is 18.0 Å². The number of carbonyl (C=O) groups excluding carboxylic acids is 1. The molecule has 0 bridgehead atoms. The molecule has 1 atom stereocenters. The van der Waals surface area contributed by atoms with Crippen molar-refractivity contribution in [2.45, 2.75) is 58.1 Å². The molecule has 0 saturated carbocycles. The molecule has 4 heterocycles. The lowest BCUT2D eigenvalue weighted by Crippen LogP contribution is -2.38. The number of aromatic nitrogens is 4. The van der Waals surface area contributed by atoms with Crippen LogP contribution in [0, 0.1) is 0 Å². The predicted octanol–water partition coefficient (Wildman–Crippen LogP) is 4.79. The van der Waals surface area contributed by atoms with E-state index in [0.29, 0.717) is 74.4 Å². The van der Waals surface area contributed by atoms with Crippen LogP contribution in [0.5, 0.6) is 0 Å². The Morgan fingerprint density at radius 1 is 1.08 bits per heavy atom. The van der Waals surface area contributed by atoms with Crippen LogP contribution < -0.4 is 10.2 Å². The van der Waals surface area contributed by atoms with Crippen molar-refractivity contribution >= 4 is 28.9 Å². The monoisotopic (exact) mass is 543 g/mol. The van der Waals surface area contributed by atoms with E-state index in [9.17, 15) is 13.6 Å². The molecule has 2 aliphatic heterocycles. The van der Waals surface area contributed by atoms with Gasteiger partial charge in [0, 0.05) is 38.3 Å². The molecule has 2 aromatic heterocycles. The zero-order valence-electron chi connectivity index (χ0n) is 22.6. The number of rotatable bonds is 5. The number of nitrogens with one attached hydrogen (secondary N) is 1. The van der Waals surface area contributed by atoms with Crippen molar-refractivity contribution in [3.63, 3.8) is 0 Å². The van der Waals surface area contributed by atoms with E-state index in [4.69, 9.17) is 19.4 Å². The topological polar surface area (TPSA) is 97.6 Å². The fourth-order valence-corrected chi connectivity index (χ4v) is 4.91. The highest BCUT2D eigenvalue weighted by Crippen LogP contribution is 2.29. The summed E-state index contributed by atoms with van der Waals surface area (Å²) in [6.45, 7) is 9.00. The number of nitrogens with zero attached hydrogens (tertiary/aromatic N) is 6. The zero-order chi connectivity index (χ0) is 27.6. The highest BCUT2D eigenvalue weighted by Gasteiger charge is 2.27. The first kappa shape index (κ1) is 27.0. The Bertz CT molecular complexity index is 1300. The summed E-state index contributed by atoms with van der Waals surface area (Å²) in [7, 11) is 0. The number of anilines is 2. The number of carbonyl (C=O) groups is 1. The lowest BCUT2D eigenvalue weighted by Gasteiger charge is -2.28. The Labute approximate surface area is 226 Å². The summed E-state index contributed by atoms with van der Waals surface area (Å²) < 4.78 is 40.7. The molecule has 1 unspecified atom stereocenters. The van der Waals surface area contributed by atoms with Gasteiger partial charge in [0.1, 0.15) is 17.2 Å². The fourth-order valence-electron chi connectivity index (χ4n) is 4.91. The summed E-state index contributed by atoms with van der Waals surface area (Å²) in [6.07, 6.45) is -0.777. The van der Waals surface area contributed by atoms with Crippen LogP contribution in [0.1, 0.15) is 52.3 Å². The van der Waals surface area contributed by atoms with Crippen molar-refractivity contribution < 1.29 is 23.0 Å².